The highest BCUT2D eigenvalue weighted by Gasteiger charge is 2.05. The Morgan fingerprint density at radius 3 is 2.27 bits per heavy atom. The SMILES string of the molecule is CCOC(CNCCCCOC)OCC. The van der Waals surface area contributed by atoms with E-state index in [2.05, 4.69) is 5.32 Å². The molecule has 0 fully saturated rings. The van der Waals surface area contributed by atoms with Crippen LogP contribution in [0.3, 0.4) is 0 Å². The van der Waals surface area contributed by atoms with Crippen LogP contribution < -0.4 is 5.32 Å². The predicted molar refractivity (Wildman–Crippen MR) is 61.0 cm³/mol. The third kappa shape index (κ3) is 10.1. The van der Waals surface area contributed by atoms with Gasteiger partial charge in [0.1, 0.15) is 0 Å². The van der Waals surface area contributed by atoms with Crippen LogP contribution in [0.25, 0.3) is 0 Å². The fourth-order valence-corrected chi connectivity index (χ4v) is 1.25. The van der Waals surface area contributed by atoms with E-state index in [1.807, 2.05) is 13.8 Å². The van der Waals surface area contributed by atoms with Gasteiger partial charge >= 0.3 is 0 Å². The second-order valence-electron chi connectivity index (χ2n) is 3.24. The molecule has 0 aromatic carbocycles. The molecule has 0 saturated carbocycles. The Kier molecular flexibility index (Phi) is 11.8. The number of rotatable bonds is 11. The van der Waals surface area contributed by atoms with Crippen molar-refractivity contribution in [2.75, 3.05) is 40.0 Å². The lowest BCUT2D eigenvalue weighted by molar-refractivity contribution is -0.132. The molecule has 0 heterocycles. The van der Waals surface area contributed by atoms with Crippen LogP contribution >= 0.6 is 0 Å². The molecule has 0 rings (SSSR count). The van der Waals surface area contributed by atoms with Crippen LogP contribution in [-0.4, -0.2) is 46.3 Å². The standard InChI is InChI=1S/C11H25NO3/c1-4-14-11(15-5-2)10-12-8-6-7-9-13-3/h11-12H,4-10H2,1-3H3. The number of hydrogen-bond donors (Lipinski definition) is 1. The summed E-state index contributed by atoms with van der Waals surface area (Å²) in [5.74, 6) is 0. The van der Waals surface area contributed by atoms with E-state index in [0.717, 1.165) is 32.5 Å². The average molecular weight is 219 g/mol. The van der Waals surface area contributed by atoms with E-state index in [1.165, 1.54) is 0 Å². The molecule has 92 valence electrons. The number of hydrogen-bond acceptors (Lipinski definition) is 4. The molecule has 4 heteroatoms. The number of methoxy groups -OCH3 is 1. The molecule has 0 atom stereocenters. The molecule has 0 aromatic rings. The van der Waals surface area contributed by atoms with Gasteiger partial charge in [0.05, 0.1) is 0 Å². The summed E-state index contributed by atoms with van der Waals surface area (Å²) in [5.41, 5.74) is 0. The van der Waals surface area contributed by atoms with Crippen LogP contribution in [0.4, 0.5) is 0 Å². The van der Waals surface area contributed by atoms with E-state index in [1.54, 1.807) is 7.11 Å². The lowest BCUT2D eigenvalue weighted by Gasteiger charge is -2.17. The number of unbranched alkanes of at least 4 members (excludes halogenated alkanes) is 1. The first-order valence-electron chi connectivity index (χ1n) is 5.78. The van der Waals surface area contributed by atoms with Crippen molar-refractivity contribution in [1.82, 2.24) is 5.32 Å². The molecular formula is C11H25NO3. The van der Waals surface area contributed by atoms with E-state index in [9.17, 15) is 0 Å². The van der Waals surface area contributed by atoms with Crippen molar-refractivity contribution in [2.24, 2.45) is 0 Å². The fraction of sp³-hybridized carbons (Fsp3) is 1.00. The minimum atomic E-state index is -0.109. The minimum Gasteiger partial charge on any atom is -0.385 e. The summed E-state index contributed by atoms with van der Waals surface area (Å²) in [4.78, 5) is 0. The normalized spacial score (nSPS) is 11.2. The Hall–Kier alpha value is -0.160. The van der Waals surface area contributed by atoms with Gasteiger partial charge in [-0.25, -0.2) is 0 Å². The molecule has 1 N–H and O–H groups in total. The maximum Gasteiger partial charge on any atom is 0.169 e. The minimum absolute atomic E-state index is 0.109. The van der Waals surface area contributed by atoms with Crippen molar-refractivity contribution in [1.29, 1.82) is 0 Å². The largest absolute Gasteiger partial charge is 0.385 e. The Morgan fingerprint density at radius 1 is 1.07 bits per heavy atom. The molecular weight excluding hydrogens is 194 g/mol. The van der Waals surface area contributed by atoms with E-state index in [4.69, 9.17) is 14.2 Å². The maximum absolute atomic E-state index is 5.40. The van der Waals surface area contributed by atoms with Crippen LogP contribution in [0.15, 0.2) is 0 Å². The number of nitrogens with one attached hydrogen (secondary N) is 1. The van der Waals surface area contributed by atoms with Crippen LogP contribution in [0.2, 0.25) is 0 Å². The summed E-state index contributed by atoms with van der Waals surface area (Å²) < 4.78 is 15.8. The van der Waals surface area contributed by atoms with Gasteiger partial charge in [-0.3, -0.25) is 0 Å². The quantitative estimate of drug-likeness (QED) is 0.421. The van der Waals surface area contributed by atoms with Gasteiger partial charge in [-0.15, -0.1) is 0 Å². The average Bonchev–Trinajstić information content (AvgIpc) is 2.24. The van der Waals surface area contributed by atoms with Gasteiger partial charge in [0.25, 0.3) is 0 Å². The summed E-state index contributed by atoms with van der Waals surface area (Å²) >= 11 is 0. The van der Waals surface area contributed by atoms with E-state index < -0.39 is 0 Å². The zero-order chi connectivity index (χ0) is 11.4. The molecule has 0 radical (unpaired) electrons. The zero-order valence-corrected chi connectivity index (χ0v) is 10.3. The first-order chi connectivity index (χ1) is 7.35. The van der Waals surface area contributed by atoms with Gasteiger partial charge in [-0.2, -0.15) is 0 Å². The van der Waals surface area contributed by atoms with Crippen molar-refractivity contribution in [3.05, 3.63) is 0 Å². The van der Waals surface area contributed by atoms with Gasteiger partial charge in [0.15, 0.2) is 6.29 Å². The smallest absolute Gasteiger partial charge is 0.169 e. The van der Waals surface area contributed by atoms with Crippen molar-refractivity contribution < 1.29 is 14.2 Å². The van der Waals surface area contributed by atoms with Crippen LogP contribution in [0.5, 0.6) is 0 Å². The van der Waals surface area contributed by atoms with Gasteiger partial charge in [0.2, 0.25) is 0 Å². The molecule has 0 unspecified atom stereocenters. The van der Waals surface area contributed by atoms with Crippen LogP contribution in [-0.2, 0) is 14.2 Å². The lowest BCUT2D eigenvalue weighted by Crippen LogP contribution is -2.32. The second kappa shape index (κ2) is 11.9. The van der Waals surface area contributed by atoms with Crippen molar-refractivity contribution >= 4 is 0 Å². The second-order valence-corrected chi connectivity index (χ2v) is 3.24. The highest BCUT2D eigenvalue weighted by Crippen LogP contribution is 1.94. The van der Waals surface area contributed by atoms with Gasteiger partial charge in [0, 0.05) is 33.5 Å². The molecule has 0 aliphatic heterocycles. The predicted octanol–water partition coefficient (Wildman–Crippen LogP) is 1.40. The molecule has 0 aromatic heterocycles. The zero-order valence-electron chi connectivity index (χ0n) is 10.3. The highest BCUT2D eigenvalue weighted by molar-refractivity contribution is 4.52. The maximum atomic E-state index is 5.40. The molecule has 0 saturated heterocycles. The van der Waals surface area contributed by atoms with Crippen molar-refractivity contribution in [3.8, 4) is 0 Å². The van der Waals surface area contributed by atoms with Crippen LogP contribution in [0.1, 0.15) is 26.7 Å². The van der Waals surface area contributed by atoms with Crippen molar-refractivity contribution in [3.63, 3.8) is 0 Å². The molecule has 0 aliphatic rings. The summed E-state index contributed by atoms with van der Waals surface area (Å²) in [7, 11) is 1.73. The summed E-state index contributed by atoms with van der Waals surface area (Å²) in [6.07, 6.45) is 2.11. The molecule has 0 spiro atoms. The Bertz CT molecular complexity index is 116. The Morgan fingerprint density at radius 2 is 1.73 bits per heavy atom. The third-order valence-electron chi connectivity index (χ3n) is 1.97. The van der Waals surface area contributed by atoms with E-state index in [0.29, 0.717) is 13.2 Å². The van der Waals surface area contributed by atoms with Crippen LogP contribution in [0, 0.1) is 0 Å². The van der Waals surface area contributed by atoms with E-state index in [-0.39, 0.29) is 6.29 Å². The molecule has 0 aliphatic carbocycles. The summed E-state index contributed by atoms with van der Waals surface area (Å²) in [5, 5.41) is 3.31. The summed E-state index contributed by atoms with van der Waals surface area (Å²) in [6, 6.07) is 0. The molecule has 0 bridgehead atoms. The fourth-order valence-electron chi connectivity index (χ4n) is 1.25. The molecule has 15 heavy (non-hydrogen) atoms. The monoisotopic (exact) mass is 219 g/mol. The Balaban J connectivity index is 3.28. The highest BCUT2D eigenvalue weighted by atomic mass is 16.7. The number of ether oxygens (including phenoxy) is 3. The Labute approximate surface area is 93.3 Å². The molecule has 4 nitrogen and oxygen atoms in total. The van der Waals surface area contributed by atoms with E-state index >= 15 is 0 Å². The third-order valence-corrected chi connectivity index (χ3v) is 1.97. The van der Waals surface area contributed by atoms with Gasteiger partial charge < -0.3 is 19.5 Å². The van der Waals surface area contributed by atoms with Crippen molar-refractivity contribution in [2.45, 2.75) is 33.0 Å². The first-order valence-corrected chi connectivity index (χ1v) is 5.78. The lowest BCUT2D eigenvalue weighted by atomic mass is 10.3. The molecule has 0 amide bonds. The summed E-state index contributed by atoms with van der Waals surface area (Å²) in [6.45, 7) is 7.91. The topological polar surface area (TPSA) is 39.7 Å². The van der Waals surface area contributed by atoms with Gasteiger partial charge in [-0.05, 0) is 33.2 Å². The first kappa shape index (κ1) is 14.8. The van der Waals surface area contributed by atoms with Gasteiger partial charge in [-0.1, -0.05) is 0 Å².